The Morgan fingerprint density at radius 2 is 2.00 bits per heavy atom. The Hall–Kier alpha value is -2.62. The first-order valence-electron chi connectivity index (χ1n) is 7.50. The number of benzene rings is 1. The molecule has 22 heavy (non-hydrogen) atoms. The van der Waals surface area contributed by atoms with E-state index in [-0.39, 0.29) is 11.9 Å². The first kappa shape index (κ1) is 13.1. The van der Waals surface area contributed by atoms with E-state index in [2.05, 4.69) is 18.0 Å². The summed E-state index contributed by atoms with van der Waals surface area (Å²) >= 11 is 0. The van der Waals surface area contributed by atoms with Crippen LogP contribution in [0, 0.1) is 6.92 Å². The molecule has 1 unspecified atom stereocenters. The summed E-state index contributed by atoms with van der Waals surface area (Å²) in [7, 11) is 0. The van der Waals surface area contributed by atoms with Gasteiger partial charge in [0.15, 0.2) is 0 Å². The van der Waals surface area contributed by atoms with Gasteiger partial charge < -0.3 is 9.30 Å². The molecular formula is C18H17N3O. The topological polar surface area (TPSA) is 37.6 Å². The van der Waals surface area contributed by atoms with Crippen molar-refractivity contribution in [3.05, 3.63) is 65.6 Å². The van der Waals surface area contributed by atoms with Crippen LogP contribution in [0.15, 0.2) is 48.8 Å². The van der Waals surface area contributed by atoms with Gasteiger partial charge >= 0.3 is 0 Å². The highest BCUT2D eigenvalue weighted by molar-refractivity contribution is 6.07. The van der Waals surface area contributed by atoms with E-state index in [1.807, 2.05) is 58.9 Å². The Morgan fingerprint density at radius 3 is 2.86 bits per heavy atom. The number of carbonyl (C=O) groups excluding carboxylic acids is 1. The van der Waals surface area contributed by atoms with E-state index in [4.69, 9.17) is 0 Å². The number of anilines is 1. The number of fused-ring (bicyclic) bond motifs is 2. The highest BCUT2D eigenvalue weighted by Gasteiger charge is 2.31. The number of hydrogen-bond acceptors (Lipinski definition) is 2. The minimum absolute atomic E-state index is 0.0469. The van der Waals surface area contributed by atoms with Crippen LogP contribution in [0.3, 0.4) is 0 Å². The van der Waals surface area contributed by atoms with Crippen LogP contribution < -0.4 is 4.90 Å². The van der Waals surface area contributed by atoms with Gasteiger partial charge in [-0.1, -0.05) is 18.2 Å². The number of imidazole rings is 1. The van der Waals surface area contributed by atoms with Gasteiger partial charge in [-0.25, -0.2) is 4.98 Å². The summed E-state index contributed by atoms with van der Waals surface area (Å²) in [6.45, 7) is 4.05. The van der Waals surface area contributed by atoms with Crippen LogP contribution in [0.4, 0.5) is 5.69 Å². The van der Waals surface area contributed by atoms with E-state index in [0.29, 0.717) is 5.56 Å². The third-order valence-corrected chi connectivity index (χ3v) is 4.24. The molecule has 0 spiro atoms. The molecule has 3 heterocycles. The SMILES string of the molecule is Cc1cn2cc(C(=O)N3c4ccccc4CC3C)ccc2n1. The molecule has 1 aliphatic rings. The molecular weight excluding hydrogens is 274 g/mol. The van der Waals surface area contributed by atoms with Gasteiger partial charge in [0.1, 0.15) is 5.65 Å². The number of pyridine rings is 1. The minimum Gasteiger partial charge on any atom is -0.306 e. The van der Waals surface area contributed by atoms with Gasteiger partial charge in [-0.05, 0) is 44.0 Å². The number of amides is 1. The second kappa shape index (κ2) is 4.70. The highest BCUT2D eigenvalue weighted by Crippen LogP contribution is 2.33. The fourth-order valence-corrected chi connectivity index (χ4v) is 3.26. The van der Waals surface area contributed by atoms with E-state index in [1.165, 1.54) is 5.56 Å². The Balaban J connectivity index is 1.76. The first-order chi connectivity index (χ1) is 10.6. The summed E-state index contributed by atoms with van der Waals surface area (Å²) in [5, 5.41) is 0. The smallest absolute Gasteiger partial charge is 0.260 e. The molecule has 0 saturated heterocycles. The molecule has 0 N–H and O–H groups in total. The zero-order valence-corrected chi connectivity index (χ0v) is 12.7. The number of carbonyl (C=O) groups is 1. The lowest BCUT2D eigenvalue weighted by molar-refractivity contribution is 0.0981. The second-order valence-electron chi connectivity index (χ2n) is 5.92. The zero-order chi connectivity index (χ0) is 15.3. The van der Waals surface area contributed by atoms with Crippen LogP contribution >= 0.6 is 0 Å². The lowest BCUT2D eigenvalue weighted by Gasteiger charge is -2.22. The molecule has 4 rings (SSSR count). The molecule has 1 aliphatic heterocycles. The third kappa shape index (κ3) is 1.91. The number of rotatable bonds is 1. The van der Waals surface area contributed by atoms with E-state index >= 15 is 0 Å². The van der Waals surface area contributed by atoms with Crippen LogP contribution in [-0.4, -0.2) is 21.3 Å². The second-order valence-corrected chi connectivity index (χ2v) is 5.92. The molecule has 0 fully saturated rings. The monoisotopic (exact) mass is 291 g/mol. The molecule has 1 amide bonds. The predicted octanol–water partition coefficient (Wildman–Crippen LogP) is 3.23. The fraction of sp³-hybridized carbons (Fsp3) is 0.222. The summed E-state index contributed by atoms with van der Waals surface area (Å²) < 4.78 is 1.91. The van der Waals surface area contributed by atoms with Crippen molar-refractivity contribution in [2.24, 2.45) is 0 Å². The van der Waals surface area contributed by atoms with Gasteiger partial charge in [-0.15, -0.1) is 0 Å². The first-order valence-corrected chi connectivity index (χ1v) is 7.50. The normalized spacial score (nSPS) is 17.0. The van der Waals surface area contributed by atoms with Crippen molar-refractivity contribution in [3.8, 4) is 0 Å². The third-order valence-electron chi connectivity index (χ3n) is 4.24. The van der Waals surface area contributed by atoms with Crippen LogP contribution in [0.25, 0.3) is 5.65 Å². The summed E-state index contributed by atoms with van der Waals surface area (Å²) in [5.41, 5.74) is 4.77. The van der Waals surface area contributed by atoms with Crippen LogP contribution in [-0.2, 0) is 6.42 Å². The number of nitrogens with zero attached hydrogens (tertiary/aromatic N) is 3. The quantitative estimate of drug-likeness (QED) is 0.690. The van der Waals surface area contributed by atoms with Crippen molar-refractivity contribution < 1.29 is 4.79 Å². The zero-order valence-electron chi connectivity index (χ0n) is 12.7. The van der Waals surface area contributed by atoms with Gasteiger partial charge in [0, 0.05) is 24.1 Å². The molecule has 0 saturated carbocycles. The maximum atomic E-state index is 13.0. The van der Waals surface area contributed by atoms with Crippen molar-refractivity contribution in [2.75, 3.05) is 4.90 Å². The summed E-state index contributed by atoms with van der Waals surface area (Å²) in [6.07, 6.45) is 4.72. The molecule has 1 atom stereocenters. The largest absolute Gasteiger partial charge is 0.306 e. The number of aryl methyl sites for hydroxylation is 1. The molecule has 0 aliphatic carbocycles. The van der Waals surface area contributed by atoms with Crippen molar-refractivity contribution in [1.82, 2.24) is 9.38 Å². The van der Waals surface area contributed by atoms with Crippen molar-refractivity contribution in [2.45, 2.75) is 26.3 Å². The van der Waals surface area contributed by atoms with Crippen molar-refractivity contribution in [3.63, 3.8) is 0 Å². The van der Waals surface area contributed by atoms with Crippen molar-refractivity contribution >= 4 is 17.2 Å². The number of para-hydroxylation sites is 1. The van der Waals surface area contributed by atoms with Gasteiger partial charge in [0.05, 0.1) is 11.3 Å². The molecule has 3 aromatic rings. The highest BCUT2D eigenvalue weighted by atomic mass is 16.2. The van der Waals surface area contributed by atoms with E-state index in [0.717, 1.165) is 23.4 Å². The van der Waals surface area contributed by atoms with Crippen LogP contribution in [0.1, 0.15) is 28.5 Å². The summed E-state index contributed by atoms with van der Waals surface area (Å²) in [6, 6.07) is 12.1. The van der Waals surface area contributed by atoms with Gasteiger partial charge in [-0.2, -0.15) is 0 Å². The average Bonchev–Trinajstić information content (AvgIpc) is 3.03. The average molecular weight is 291 g/mol. The number of hydrogen-bond donors (Lipinski definition) is 0. The lowest BCUT2D eigenvalue weighted by Crippen LogP contribution is -2.35. The van der Waals surface area contributed by atoms with E-state index in [1.54, 1.807) is 0 Å². The molecule has 0 radical (unpaired) electrons. The Bertz CT molecular complexity index is 881. The van der Waals surface area contributed by atoms with Gasteiger partial charge in [0.2, 0.25) is 0 Å². The maximum absolute atomic E-state index is 13.0. The number of aromatic nitrogens is 2. The van der Waals surface area contributed by atoms with Crippen LogP contribution in [0.5, 0.6) is 0 Å². The van der Waals surface area contributed by atoms with Crippen LogP contribution in [0.2, 0.25) is 0 Å². The molecule has 4 heteroatoms. The van der Waals surface area contributed by atoms with Crippen molar-refractivity contribution in [1.29, 1.82) is 0 Å². The van der Waals surface area contributed by atoms with Gasteiger partial charge in [-0.3, -0.25) is 4.79 Å². The maximum Gasteiger partial charge on any atom is 0.260 e. The lowest BCUT2D eigenvalue weighted by atomic mass is 10.1. The Kier molecular flexibility index (Phi) is 2.79. The fourth-order valence-electron chi connectivity index (χ4n) is 3.26. The minimum atomic E-state index is 0.0469. The van der Waals surface area contributed by atoms with E-state index < -0.39 is 0 Å². The Morgan fingerprint density at radius 1 is 1.18 bits per heavy atom. The molecule has 1 aromatic carbocycles. The van der Waals surface area contributed by atoms with Gasteiger partial charge in [0.25, 0.3) is 5.91 Å². The molecule has 0 bridgehead atoms. The summed E-state index contributed by atoms with van der Waals surface area (Å²) in [4.78, 5) is 19.3. The summed E-state index contributed by atoms with van der Waals surface area (Å²) in [5.74, 6) is 0.0469. The van der Waals surface area contributed by atoms with E-state index in [9.17, 15) is 4.79 Å². The Labute approximate surface area is 129 Å². The molecule has 2 aromatic heterocycles. The standard InChI is InChI=1S/C18H17N3O/c1-12-10-20-11-15(7-8-17(20)19-12)18(22)21-13(2)9-14-5-3-4-6-16(14)21/h3-8,10-11,13H,9H2,1-2H3. The molecule has 4 nitrogen and oxygen atoms in total. The predicted molar refractivity (Wildman–Crippen MR) is 86.3 cm³/mol. The molecule has 110 valence electrons.